The van der Waals surface area contributed by atoms with Crippen molar-refractivity contribution in [3.63, 3.8) is 0 Å². The molecule has 244 valence electrons. The molecular formula is C35H54N4O5. The van der Waals surface area contributed by atoms with E-state index >= 15 is 0 Å². The second kappa shape index (κ2) is 19.1. The maximum absolute atomic E-state index is 12.3. The van der Waals surface area contributed by atoms with Crippen molar-refractivity contribution in [1.29, 1.82) is 0 Å². The second-order valence-electron chi connectivity index (χ2n) is 12.3. The van der Waals surface area contributed by atoms with E-state index in [2.05, 4.69) is 47.4 Å². The quantitative estimate of drug-likeness (QED) is 0.123. The molecule has 3 N–H and O–H groups in total. The Balaban J connectivity index is 1.12. The Labute approximate surface area is 263 Å². The lowest BCUT2D eigenvalue weighted by Gasteiger charge is -2.29. The lowest BCUT2D eigenvalue weighted by Crippen LogP contribution is -2.44. The summed E-state index contributed by atoms with van der Waals surface area (Å²) >= 11 is 0. The minimum Gasteiger partial charge on any atom is -0.490 e. The van der Waals surface area contributed by atoms with Crippen molar-refractivity contribution < 1.29 is 23.9 Å². The topological polar surface area (TPSA) is 122 Å². The zero-order valence-electron chi connectivity index (χ0n) is 27.4. The highest BCUT2D eigenvalue weighted by atomic mass is 16.5. The average molecular weight is 611 g/mol. The van der Waals surface area contributed by atoms with Crippen molar-refractivity contribution in [3.05, 3.63) is 46.5 Å². The molecule has 3 rings (SSSR count). The minimum atomic E-state index is -0.803. The molecule has 2 amide bonds. The van der Waals surface area contributed by atoms with Crippen molar-refractivity contribution in [3.8, 4) is 5.75 Å². The number of ether oxygens (including phenoxy) is 2. The number of hydrogen-bond donors (Lipinski definition) is 3. The van der Waals surface area contributed by atoms with Crippen LogP contribution in [0.5, 0.6) is 5.75 Å². The third kappa shape index (κ3) is 12.0. The van der Waals surface area contributed by atoms with E-state index < -0.39 is 12.0 Å². The molecule has 1 aromatic heterocycles. The summed E-state index contributed by atoms with van der Waals surface area (Å²) in [5, 5.41) is 5.48. The number of unbranched alkanes of at least 4 members (excludes halogenated alkanes) is 9. The van der Waals surface area contributed by atoms with Gasteiger partial charge < -0.3 is 25.1 Å². The Bertz CT molecular complexity index is 1180. The average Bonchev–Trinajstić information content (AvgIpc) is 3.53. The Morgan fingerprint density at radius 3 is 2.30 bits per heavy atom. The summed E-state index contributed by atoms with van der Waals surface area (Å²) in [5.41, 5.74) is 6.15. The third-order valence-electron chi connectivity index (χ3n) is 8.77. The first-order chi connectivity index (χ1) is 21.3. The molecule has 2 heterocycles. The Morgan fingerprint density at radius 1 is 0.955 bits per heavy atom. The van der Waals surface area contributed by atoms with Gasteiger partial charge in [-0.3, -0.25) is 9.59 Å². The van der Waals surface area contributed by atoms with Crippen LogP contribution in [-0.4, -0.2) is 53.6 Å². The summed E-state index contributed by atoms with van der Waals surface area (Å²) in [4.78, 5) is 43.2. The molecule has 9 nitrogen and oxygen atoms in total. The molecule has 1 aliphatic rings. The number of carbonyl (C=O) groups is 3. The maximum Gasteiger partial charge on any atom is 0.328 e. The molecule has 0 bridgehead atoms. The predicted molar refractivity (Wildman–Crippen MR) is 173 cm³/mol. The smallest absolute Gasteiger partial charge is 0.328 e. The van der Waals surface area contributed by atoms with Crippen LogP contribution in [0.25, 0.3) is 0 Å². The van der Waals surface area contributed by atoms with Crippen molar-refractivity contribution in [2.45, 2.75) is 136 Å². The minimum absolute atomic E-state index is 0.0389. The largest absolute Gasteiger partial charge is 0.490 e. The number of esters is 1. The zero-order chi connectivity index (χ0) is 31.7. The van der Waals surface area contributed by atoms with Crippen molar-refractivity contribution >= 4 is 17.8 Å². The van der Waals surface area contributed by atoms with Gasteiger partial charge in [-0.05, 0) is 75.1 Å². The molecule has 44 heavy (non-hydrogen) atoms. The van der Waals surface area contributed by atoms with Gasteiger partial charge in [0, 0.05) is 37.7 Å². The standard InChI is InChI=1S/C35H54N4O5/c1-25-21-26(2)30-18-17-29(44-34(30)27(25)3)15-13-11-9-7-5-6-8-10-12-14-16-32(40)37-20-19-33(41)39-31(35(42)43-4)22-28-23-36-24-38-28/h21,23-24,29,31H,5-20,22H2,1-4H3,(H,36,38)(H,37,40)(H,39,41). The number of nitrogens with zero attached hydrogens (tertiary/aromatic N) is 1. The molecule has 0 saturated carbocycles. The molecule has 0 fully saturated rings. The molecular weight excluding hydrogens is 556 g/mol. The van der Waals surface area contributed by atoms with Crippen LogP contribution < -0.4 is 15.4 Å². The SMILES string of the molecule is COC(=O)C(Cc1cnc[nH]1)NC(=O)CCNC(=O)CCCCCCCCCCCCC1CCc2c(C)cc(C)c(C)c2O1. The van der Waals surface area contributed by atoms with Crippen LogP contribution >= 0.6 is 0 Å². The highest BCUT2D eigenvalue weighted by Crippen LogP contribution is 2.36. The van der Waals surface area contributed by atoms with Gasteiger partial charge in [0.25, 0.3) is 0 Å². The molecule has 2 aromatic rings. The zero-order valence-corrected chi connectivity index (χ0v) is 27.4. The molecule has 0 spiro atoms. The van der Waals surface area contributed by atoms with E-state index in [4.69, 9.17) is 9.47 Å². The maximum atomic E-state index is 12.3. The van der Waals surface area contributed by atoms with E-state index in [1.54, 1.807) is 6.20 Å². The van der Waals surface area contributed by atoms with Gasteiger partial charge in [-0.2, -0.15) is 0 Å². The summed E-state index contributed by atoms with van der Waals surface area (Å²) in [5.74, 6) is 0.283. The van der Waals surface area contributed by atoms with E-state index in [1.807, 2.05) is 0 Å². The summed E-state index contributed by atoms with van der Waals surface area (Å²) in [6.45, 7) is 6.82. The highest BCUT2D eigenvalue weighted by molar-refractivity contribution is 5.85. The predicted octanol–water partition coefficient (Wildman–Crippen LogP) is 6.12. The number of benzene rings is 1. The number of aryl methyl sites for hydroxylation is 2. The summed E-state index contributed by atoms with van der Waals surface area (Å²) in [7, 11) is 1.28. The lowest BCUT2D eigenvalue weighted by atomic mass is 9.91. The van der Waals surface area contributed by atoms with Gasteiger partial charge in [0.05, 0.1) is 19.5 Å². The third-order valence-corrected chi connectivity index (χ3v) is 8.77. The number of H-pyrrole nitrogens is 1. The fraction of sp³-hybridized carbons (Fsp3) is 0.657. The summed E-state index contributed by atoms with van der Waals surface area (Å²) < 4.78 is 11.2. The van der Waals surface area contributed by atoms with Gasteiger partial charge in [-0.1, -0.05) is 57.4 Å². The van der Waals surface area contributed by atoms with Crippen molar-refractivity contribution in [1.82, 2.24) is 20.6 Å². The number of carbonyl (C=O) groups excluding carboxylic acids is 3. The number of amides is 2. The monoisotopic (exact) mass is 610 g/mol. The first kappa shape index (κ1) is 35.1. The number of imidazole rings is 1. The molecule has 0 aliphatic carbocycles. The Morgan fingerprint density at radius 2 is 1.64 bits per heavy atom. The number of nitrogens with one attached hydrogen (secondary N) is 3. The van der Waals surface area contributed by atoms with Crippen molar-refractivity contribution in [2.75, 3.05) is 13.7 Å². The number of methoxy groups -OCH3 is 1. The Kier molecular flexibility index (Phi) is 15.3. The Hall–Kier alpha value is -3.36. The van der Waals surface area contributed by atoms with Crippen LogP contribution in [0, 0.1) is 20.8 Å². The highest BCUT2D eigenvalue weighted by Gasteiger charge is 2.24. The first-order valence-corrected chi connectivity index (χ1v) is 16.7. The van der Waals surface area contributed by atoms with Crippen LogP contribution in [0.3, 0.4) is 0 Å². The summed E-state index contributed by atoms with van der Waals surface area (Å²) in [6.07, 6.45) is 19.7. The fourth-order valence-electron chi connectivity index (χ4n) is 6.00. The number of rotatable bonds is 20. The van der Waals surface area contributed by atoms with Crippen LogP contribution in [0.4, 0.5) is 0 Å². The van der Waals surface area contributed by atoms with E-state index in [1.165, 1.54) is 80.6 Å². The van der Waals surface area contributed by atoms with Gasteiger partial charge in [-0.25, -0.2) is 9.78 Å². The molecule has 0 radical (unpaired) electrons. The molecule has 1 aromatic carbocycles. The second-order valence-corrected chi connectivity index (χ2v) is 12.3. The molecule has 2 unspecified atom stereocenters. The first-order valence-electron chi connectivity index (χ1n) is 16.7. The van der Waals surface area contributed by atoms with Crippen molar-refractivity contribution in [2.24, 2.45) is 0 Å². The van der Waals surface area contributed by atoms with Crippen LogP contribution in [0.2, 0.25) is 0 Å². The molecule has 0 saturated heterocycles. The molecule has 9 heteroatoms. The van der Waals surface area contributed by atoms with E-state index in [-0.39, 0.29) is 31.2 Å². The van der Waals surface area contributed by atoms with Crippen LogP contribution in [-0.2, 0) is 32.0 Å². The van der Waals surface area contributed by atoms with E-state index in [9.17, 15) is 14.4 Å². The summed E-state index contributed by atoms with van der Waals surface area (Å²) in [6, 6.07) is 1.49. The molecule has 1 aliphatic heterocycles. The van der Waals surface area contributed by atoms with Gasteiger partial charge in [0.15, 0.2) is 0 Å². The van der Waals surface area contributed by atoms with Gasteiger partial charge >= 0.3 is 5.97 Å². The lowest BCUT2D eigenvalue weighted by molar-refractivity contribution is -0.145. The van der Waals surface area contributed by atoms with Gasteiger partial charge in [0.2, 0.25) is 11.8 Å². The van der Waals surface area contributed by atoms with Crippen LogP contribution in [0.15, 0.2) is 18.6 Å². The van der Waals surface area contributed by atoms with Gasteiger partial charge in [0.1, 0.15) is 11.8 Å². The van der Waals surface area contributed by atoms with Gasteiger partial charge in [-0.15, -0.1) is 0 Å². The van der Waals surface area contributed by atoms with E-state index in [0.717, 1.165) is 50.0 Å². The van der Waals surface area contributed by atoms with Crippen LogP contribution in [0.1, 0.15) is 118 Å². The van der Waals surface area contributed by atoms with E-state index in [0.29, 0.717) is 12.5 Å². The number of fused-ring (bicyclic) bond motifs is 1. The fourth-order valence-corrected chi connectivity index (χ4v) is 6.00. The molecule has 2 atom stereocenters. The number of hydrogen-bond acceptors (Lipinski definition) is 6. The normalized spacial score (nSPS) is 14.8. The number of aromatic amines is 1. The number of aromatic nitrogens is 2.